The molecule has 0 aliphatic carbocycles. The van der Waals surface area contributed by atoms with Gasteiger partial charge in [-0.05, 0) is 42.8 Å². The molecule has 7 nitrogen and oxygen atoms in total. The molecule has 2 heterocycles. The molecule has 3 rings (SSSR count). The van der Waals surface area contributed by atoms with E-state index in [9.17, 15) is 9.59 Å². The first-order chi connectivity index (χ1) is 13.7. The topological polar surface area (TPSA) is 80.8 Å². The van der Waals surface area contributed by atoms with Gasteiger partial charge in [0.1, 0.15) is 5.82 Å². The molecule has 0 saturated carbocycles. The third kappa shape index (κ3) is 5.07. The van der Waals surface area contributed by atoms with Crippen LogP contribution in [0.25, 0.3) is 0 Å². The average Bonchev–Trinajstić information content (AvgIpc) is 2.75. The largest absolute Gasteiger partial charge is 0.462 e. The second-order valence-corrected chi connectivity index (χ2v) is 6.49. The Bertz CT molecular complexity index is 802. The van der Waals surface area contributed by atoms with E-state index in [0.29, 0.717) is 55.5 Å². The van der Waals surface area contributed by atoms with Gasteiger partial charge in [-0.1, -0.05) is 13.3 Å². The van der Waals surface area contributed by atoms with Gasteiger partial charge in [0.25, 0.3) is 5.91 Å². The summed E-state index contributed by atoms with van der Waals surface area (Å²) in [5.74, 6) is 0.0560. The molecule has 0 bridgehead atoms. The Morgan fingerprint density at radius 3 is 2.64 bits per heavy atom. The van der Waals surface area contributed by atoms with Crippen LogP contribution in [-0.2, 0) is 9.47 Å². The first kappa shape index (κ1) is 19.8. The second-order valence-electron chi connectivity index (χ2n) is 6.49. The number of carbonyl (C=O) groups is 2. The van der Waals surface area contributed by atoms with Crippen LogP contribution in [0.5, 0.6) is 0 Å². The number of pyridine rings is 1. The van der Waals surface area contributed by atoms with Crippen molar-refractivity contribution < 1.29 is 19.1 Å². The number of nitrogens with one attached hydrogen (secondary N) is 1. The maximum atomic E-state index is 12.8. The number of aromatic nitrogens is 1. The fourth-order valence-corrected chi connectivity index (χ4v) is 2.88. The van der Waals surface area contributed by atoms with Gasteiger partial charge in [0.05, 0.1) is 30.9 Å². The minimum Gasteiger partial charge on any atom is -0.462 e. The molecule has 1 amide bonds. The molecule has 1 aliphatic heterocycles. The summed E-state index contributed by atoms with van der Waals surface area (Å²) in [7, 11) is 0. The normalized spacial score (nSPS) is 13.8. The van der Waals surface area contributed by atoms with E-state index in [1.54, 1.807) is 42.6 Å². The number of rotatable bonds is 7. The van der Waals surface area contributed by atoms with Crippen LogP contribution in [0.3, 0.4) is 0 Å². The van der Waals surface area contributed by atoms with Gasteiger partial charge in [-0.3, -0.25) is 4.79 Å². The van der Waals surface area contributed by atoms with Crippen molar-refractivity contribution in [3.8, 4) is 0 Å². The first-order valence-corrected chi connectivity index (χ1v) is 9.55. The number of unbranched alkanes of at least 4 members (excludes halogenated alkanes) is 1. The molecule has 148 valence electrons. The number of nitrogens with zero attached hydrogens (tertiary/aromatic N) is 2. The minimum atomic E-state index is -0.354. The van der Waals surface area contributed by atoms with Crippen LogP contribution in [0.2, 0.25) is 0 Å². The van der Waals surface area contributed by atoms with Crippen LogP contribution < -0.4 is 10.2 Å². The van der Waals surface area contributed by atoms with E-state index in [0.717, 1.165) is 12.8 Å². The van der Waals surface area contributed by atoms with Gasteiger partial charge in [-0.2, -0.15) is 0 Å². The highest BCUT2D eigenvalue weighted by molar-refractivity contribution is 6.07. The molecular weight excluding hydrogens is 358 g/mol. The van der Waals surface area contributed by atoms with E-state index in [1.165, 1.54) is 0 Å². The minimum absolute atomic E-state index is 0.243. The number of ether oxygens (including phenoxy) is 2. The van der Waals surface area contributed by atoms with Crippen molar-refractivity contribution in [2.75, 3.05) is 43.1 Å². The molecule has 2 aromatic rings. The zero-order valence-electron chi connectivity index (χ0n) is 16.0. The van der Waals surface area contributed by atoms with Gasteiger partial charge >= 0.3 is 5.97 Å². The Morgan fingerprint density at radius 1 is 1.18 bits per heavy atom. The summed E-state index contributed by atoms with van der Waals surface area (Å²) < 4.78 is 10.6. The molecule has 1 aromatic heterocycles. The number of esters is 1. The SMILES string of the molecule is CCCCOC(=O)c1ccc(NC(=O)c2cccnc2N2CCOCC2)cc1. The maximum absolute atomic E-state index is 12.8. The number of benzene rings is 1. The fourth-order valence-electron chi connectivity index (χ4n) is 2.88. The van der Waals surface area contributed by atoms with E-state index in [-0.39, 0.29) is 11.9 Å². The van der Waals surface area contributed by atoms with Crippen molar-refractivity contribution in [3.05, 3.63) is 53.7 Å². The summed E-state index contributed by atoms with van der Waals surface area (Å²) in [5, 5.41) is 2.87. The number of amides is 1. The monoisotopic (exact) mass is 383 g/mol. The lowest BCUT2D eigenvalue weighted by molar-refractivity contribution is 0.0499. The lowest BCUT2D eigenvalue weighted by atomic mass is 10.2. The van der Waals surface area contributed by atoms with Crippen LogP contribution in [0, 0.1) is 0 Å². The lowest BCUT2D eigenvalue weighted by Crippen LogP contribution is -2.38. The lowest BCUT2D eigenvalue weighted by Gasteiger charge is -2.29. The van der Waals surface area contributed by atoms with Crippen molar-refractivity contribution in [2.24, 2.45) is 0 Å². The second kappa shape index (κ2) is 9.85. The molecular formula is C21H25N3O4. The summed E-state index contributed by atoms with van der Waals surface area (Å²) in [5.41, 5.74) is 1.57. The van der Waals surface area contributed by atoms with E-state index in [4.69, 9.17) is 9.47 Å². The zero-order valence-corrected chi connectivity index (χ0v) is 16.0. The van der Waals surface area contributed by atoms with E-state index in [1.807, 2.05) is 11.8 Å². The summed E-state index contributed by atoms with van der Waals surface area (Å²) in [6.07, 6.45) is 3.50. The predicted molar refractivity (Wildman–Crippen MR) is 107 cm³/mol. The van der Waals surface area contributed by atoms with Gasteiger partial charge in [0.2, 0.25) is 0 Å². The van der Waals surface area contributed by atoms with E-state index >= 15 is 0 Å². The molecule has 0 radical (unpaired) electrons. The van der Waals surface area contributed by atoms with Crippen LogP contribution in [0.15, 0.2) is 42.6 Å². The number of carbonyl (C=O) groups excluding carboxylic acids is 2. The average molecular weight is 383 g/mol. The molecule has 1 fully saturated rings. The summed E-state index contributed by atoms with van der Waals surface area (Å²) in [4.78, 5) is 31.2. The molecule has 1 N–H and O–H groups in total. The van der Waals surface area contributed by atoms with Crippen LogP contribution in [0.4, 0.5) is 11.5 Å². The number of hydrogen-bond donors (Lipinski definition) is 1. The van der Waals surface area contributed by atoms with Crippen LogP contribution in [-0.4, -0.2) is 49.8 Å². The zero-order chi connectivity index (χ0) is 19.8. The molecule has 7 heteroatoms. The quantitative estimate of drug-likeness (QED) is 0.584. The highest BCUT2D eigenvalue weighted by atomic mass is 16.5. The number of anilines is 2. The van der Waals surface area contributed by atoms with Gasteiger partial charge in [-0.15, -0.1) is 0 Å². The molecule has 0 spiro atoms. The van der Waals surface area contributed by atoms with E-state index < -0.39 is 0 Å². The van der Waals surface area contributed by atoms with Crippen LogP contribution in [0.1, 0.15) is 40.5 Å². The summed E-state index contributed by atoms with van der Waals surface area (Å²) in [6.45, 7) is 5.09. The maximum Gasteiger partial charge on any atom is 0.338 e. The predicted octanol–water partition coefficient (Wildman–Crippen LogP) is 3.13. The van der Waals surface area contributed by atoms with Gasteiger partial charge in [0, 0.05) is 25.0 Å². The van der Waals surface area contributed by atoms with Gasteiger partial charge in [0.15, 0.2) is 0 Å². The molecule has 1 aromatic carbocycles. The van der Waals surface area contributed by atoms with Crippen molar-refractivity contribution in [1.29, 1.82) is 0 Å². The molecule has 1 aliphatic rings. The van der Waals surface area contributed by atoms with Crippen molar-refractivity contribution in [2.45, 2.75) is 19.8 Å². The summed E-state index contributed by atoms with van der Waals surface area (Å²) >= 11 is 0. The smallest absolute Gasteiger partial charge is 0.338 e. The van der Waals surface area contributed by atoms with E-state index in [2.05, 4.69) is 10.3 Å². The number of hydrogen-bond acceptors (Lipinski definition) is 6. The molecule has 1 saturated heterocycles. The summed E-state index contributed by atoms with van der Waals surface area (Å²) in [6, 6.07) is 10.2. The third-order valence-electron chi connectivity index (χ3n) is 4.45. The molecule has 28 heavy (non-hydrogen) atoms. The highest BCUT2D eigenvalue weighted by Gasteiger charge is 2.20. The Morgan fingerprint density at radius 2 is 1.93 bits per heavy atom. The Balaban J connectivity index is 1.66. The Labute approximate surface area is 164 Å². The van der Waals surface area contributed by atoms with Crippen molar-refractivity contribution in [1.82, 2.24) is 4.98 Å². The standard InChI is InChI=1S/C21H25N3O4/c1-2-3-13-28-21(26)16-6-8-17(9-7-16)23-20(25)18-5-4-10-22-19(18)24-11-14-27-15-12-24/h4-10H,2-3,11-15H2,1H3,(H,23,25). The molecule has 0 atom stereocenters. The Hall–Kier alpha value is -2.93. The highest BCUT2D eigenvalue weighted by Crippen LogP contribution is 2.20. The van der Waals surface area contributed by atoms with Crippen molar-refractivity contribution >= 4 is 23.4 Å². The Kier molecular flexibility index (Phi) is 6.97. The van der Waals surface area contributed by atoms with Gasteiger partial charge in [-0.25, -0.2) is 9.78 Å². The van der Waals surface area contributed by atoms with Crippen molar-refractivity contribution in [3.63, 3.8) is 0 Å². The fraction of sp³-hybridized carbons (Fsp3) is 0.381. The first-order valence-electron chi connectivity index (χ1n) is 9.55. The number of morpholine rings is 1. The van der Waals surface area contributed by atoms with Crippen LogP contribution >= 0.6 is 0 Å². The third-order valence-corrected chi connectivity index (χ3v) is 4.45. The molecule has 0 unspecified atom stereocenters. The van der Waals surface area contributed by atoms with Gasteiger partial charge < -0.3 is 19.7 Å².